The molecular formula is C20H17ClN2O4S. The molecule has 28 heavy (non-hydrogen) atoms. The molecule has 1 N–H and O–H groups in total. The fourth-order valence-corrected chi connectivity index (χ4v) is 3.88. The van der Waals surface area contributed by atoms with Crippen LogP contribution in [0.4, 0.5) is 5.13 Å². The van der Waals surface area contributed by atoms with Crippen LogP contribution in [0.1, 0.15) is 20.8 Å². The van der Waals surface area contributed by atoms with Gasteiger partial charge in [-0.15, -0.1) is 11.3 Å². The van der Waals surface area contributed by atoms with Crippen molar-refractivity contribution in [1.29, 1.82) is 0 Å². The third-order valence-electron chi connectivity index (χ3n) is 4.19. The molecule has 6 nitrogen and oxygen atoms in total. The van der Waals surface area contributed by atoms with Gasteiger partial charge in [0.25, 0.3) is 5.91 Å². The molecule has 0 fully saturated rings. The molecule has 144 valence electrons. The number of nitrogens with zero attached hydrogens (tertiary/aromatic N) is 1. The molecule has 1 aliphatic rings. The molecule has 4 rings (SSSR count). The second-order valence-electron chi connectivity index (χ2n) is 6.06. The van der Waals surface area contributed by atoms with Crippen molar-refractivity contribution >= 4 is 34.0 Å². The van der Waals surface area contributed by atoms with E-state index in [2.05, 4.69) is 10.3 Å². The van der Waals surface area contributed by atoms with Crippen LogP contribution in [0.3, 0.4) is 0 Å². The number of fused-ring (bicyclic) bond motifs is 1. The highest BCUT2D eigenvalue weighted by Crippen LogP contribution is 2.40. The maximum absolute atomic E-state index is 12.7. The maximum atomic E-state index is 12.7. The Kier molecular flexibility index (Phi) is 5.36. The van der Waals surface area contributed by atoms with E-state index >= 15 is 0 Å². The molecule has 0 spiro atoms. The molecule has 1 aromatic heterocycles. The second kappa shape index (κ2) is 8.08. The number of methoxy groups -OCH3 is 1. The van der Waals surface area contributed by atoms with E-state index in [-0.39, 0.29) is 5.91 Å². The average molecular weight is 417 g/mol. The van der Waals surface area contributed by atoms with Gasteiger partial charge in [0, 0.05) is 28.1 Å². The van der Waals surface area contributed by atoms with Gasteiger partial charge < -0.3 is 14.2 Å². The Bertz CT molecular complexity index is 1000. The van der Waals surface area contributed by atoms with Crippen LogP contribution < -0.4 is 19.5 Å². The first kappa shape index (κ1) is 18.6. The van der Waals surface area contributed by atoms with Gasteiger partial charge in [-0.05, 0) is 23.8 Å². The molecule has 0 saturated carbocycles. The summed E-state index contributed by atoms with van der Waals surface area (Å²) in [5.41, 5.74) is 1.42. The predicted molar refractivity (Wildman–Crippen MR) is 108 cm³/mol. The SMILES string of the molecule is COc1cc(C(=O)Nc2ncc(Cc3ccccc3Cl)s2)cc2c1OCCO2. The van der Waals surface area contributed by atoms with Gasteiger partial charge in [0.05, 0.1) is 7.11 Å². The first-order chi connectivity index (χ1) is 13.6. The number of hydrogen-bond acceptors (Lipinski definition) is 6. The van der Waals surface area contributed by atoms with Gasteiger partial charge in [0.2, 0.25) is 5.75 Å². The van der Waals surface area contributed by atoms with E-state index in [9.17, 15) is 4.79 Å². The van der Waals surface area contributed by atoms with Crippen molar-refractivity contribution < 1.29 is 19.0 Å². The van der Waals surface area contributed by atoms with Crippen LogP contribution >= 0.6 is 22.9 Å². The lowest BCUT2D eigenvalue weighted by Gasteiger charge is -2.21. The molecule has 1 aliphatic heterocycles. The van der Waals surface area contributed by atoms with Crippen molar-refractivity contribution in [2.75, 3.05) is 25.6 Å². The van der Waals surface area contributed by atoms with Gasteiger partial charge in [0.15, 0.2) is 16.6 Å². The van der Waals surface area contributed by atoms with Crippen molar-refractivity contribution in [2.45, 2.75) is 6.42 Å². The zero-order valence-corrected chi connectivity index (χ0v) is 16.6. The molecule has 2 aromatic carbocycles. The zero-order valence-electron chi connectivity index (χ0n) is 15.0. The summed E-state index contributed by atoms with van der Waals surface area (Å²) < 4.78 is 16.5. The minimum atomic E-state index is -0.297. The molecule has 8 heteroatoms. The molecule has 0 unspecified atom stereocenters. The minimum Gasteiger partial charge on any atom is -0.493 e. The quantitative estimate of drug-likeness (QED) is 0.666. The Morgan fingerprint density at radius 3 is 2.93 bits per heavy atom. The van der Waals surface area contributed by atoms with E-state index in [0.717, 1.165) is 10.4 Å². The first-order valence-corrected chi connectivity index (χ1v) is 9.80. The average Bonchev–Trinajstić information content (AvgIpc) is 3.15. The summed E-state index contributed by atoms with van der Waals surface area (Å²) in [6.45, 7) is 0.876. The Morgan fingerprint density at radius 2 is 2.11 bits per heavy atom. The van der Waals surface area contributed by atoms with E-state index < -0.39 is 0 Å². The number of aromatic nitrogens is 1. The second-order valence-corrected chi connectivity index (χ2v) is 7.58. The molecule has 0 radical (unpaired) electrons. The maximum Gasteiger partial charge on any atom is 0.257 e. The van der Waals surface area contributed by atoms with Gasteiger partial charge in [-0.1, -0.05) is 29.8 Å². The van der Waals surface area contributed by atoms with Crippen LogP contribution in [0.15, 0.2) is 42.6 Å². The molecular weight excluding hydrogens is 400 g/mol. The fourth-order valence-electron chi connectivity index (χ4n) is 2.85. The smallest absolute Gasteiger partial charge is 0.257 e. The summed E-state index contributed by atoms with van der Waals surface area (Å²) >= 11 is 7.62. The normalized spacial score (nSPS) is 12.5. The number of nitrogens with one attached hydrogen (secondary N) is 1. The third kappa shape index (κ3) is 3.90. The van der Waals surface area contributed by atoms with Crippen LogP contribution in [-0.2, 0) is 6.42 Å². The van der Waals surface area contributed by atoms with Crippen LogP contribution in [0.25, 0.3) is 0 Å². The zero-order chi connectivity index (χ0) is 19.5. The van der Waals surface area contributed by atoms with E-state index in [4.69, 9.17) is 25.8 Å². The Hall–Kier alpha value is -2.77. The number of hydrogen-bond donors (Lipinski definition) is 1. The van der Waals surface area contributed by atoms with E-state index in [1.54, 1.807) is 18.3 Å². The largest absolute Gasteiger partial charge is 0.493 e. The summed E-state index contributed by atoms with van der Waals surface area (Å²) in [5, 5.41) is 4.05. The van der Waals surface area contributed by atoms with Gasteiger partial charge in [-0.2, -0.15) is 0 Å². The lowest BCUT2D eigenvalue weighted by molar-refractivity contribution is 0.102. The molecule has 0 bridgehead atoms. The minimum absolute atomic E-state index is 0.297. The van der Waals surface area contributed by atoms with Crippen LogP contribution in [0.2, 0.25) is 5.02 Å². The third-order valence-corrected chi connectivity index (χ3v) is 5.47. The van der Waals surface area contributed by atoms with Crippen LogP contribution in [0.5, 0.6) is 17.2 Å². The summed E-state index contributed by atoms with van der Waals surface area (Å²) in [6.07, 6.45) is 2.40. The highest BCUT2D eigenvalue weighted by Gasteiger charge is 2.21. The molecule has 3 aromatic rings. The van der Waals surface area contributed by atoms with Crippen LogP contribution in [-0.4, -0.2) is 31.2 Å². The number of ether oxygens (including phenoxy) is 3. The van der Waals surface area contributed by atoms with Gasteiger partial charge >= 0.3 is 0 Å². The number of halogens is 1. The van der Waals surface area contributed by atoms with Crippen molar-refractivity contribution in [2.24, 2.45) is 0 Å². The van der Waals surface area contributed by atoms with E-state index in [1.807, 2.05) is 24.3 Å². The van der Waals surface area contributed by atoms with Gasteiger partial charge in [0.1, 0.15) is 13.2 Å². The number of amides is 1. The molecule has 0 aliphatic carbocycles. The fraction of sp³-hybridized carbons (Fsp3) is 0.200. The summed E-state index contributed by atoms with van der Waals surface area (Å²) in [5.74, 6) is 1.17. The standard InChI is InChI=1S/C20H17ClN2O4S/c1-25-16-9-13(10-17-18(16)27-7-6-26-17)19(24)23-20-22-11-14(28-20)8-12-4-2-3-5-15(12)21/h2-5,9-11H,6-8H2,1H3,(H,22,23,24). The predicted octanol–water partition coefficient (Wildman–Crippen LogP) is 4.42. The molecule has 0 atom stereocenters. The summed E-state index contributed by atoms with van der Waals surface area (Å²) in [7, 11) is 1.52. The molecule has 1 amide bonds. The molecule has 2 heterocycles. The van der Waals surface area contributed by atoms with Crippen molar-refractivity contribution in [3.05, 3.63) is 63.6 Å². The van der Waals surface area contributed by atoms with Crippen molar-refractivity contribution in [1.82, 2.24) is 4.98 Å². The Balaban J connectivity index is 1.50. The number of thiazole rings is 1. The van der Waals surface area contributed by atoms with Crippen molar-refractivity contribution in [3.63, 3.8) is 0 Å². The number of carbonyl (C=O) groups excluding carboxylic acids is 1. The first-order valence-electron chi connectivity index (χ1n) is 8.61. The lowest BCUT2D eigenvalue weighted by Crippen LogP contribution is -2.18. The van der Waals surface area contributed by atoms with Gasteiger partial charge in [-0.3, -0.25) is 10.1 Å². The summed E-state index contributed by atoms with van der Waals surface area (Å²) in [4.78, 5) is 18.0. The Morgan fingerprint density at radius 1 is 1.29 bits per heavy atom. The number of rotatable bonds is 5. The number of benzene rings is 2. The number of carbonyl (C=O) groups is 1. The van der Waals surface area contributed by atoms with Crippen molar-refractivity contribution in [3.8, 4) is 17.2 Å². The highest BCUT2D eigenvalue weighted by molar-refractivity contribution is 7.15. The lowest BCUT2D eigenvalue weighted by atomic mass is 10.1. The van der Waals surface area contributed by atoms with Gasteiger partial charge in [-0.25, -0.2) is 4.98 Å². The molecule has 0 saturated heterocycles. The Labute approximate surface area is 171 Å². The van der Waals surface area contributed by atoms with Crippen LogP contribution in [0, 0.1) is 0 Å². The monoisotopic (exact) mass is 416 g/mol. The summed E-state index contributed by atoms with van der Waals surface area (Å²) in [6, 6.07) is 10.9. The number of anilines is 1. The highest BCUT2D eigenvalue weighted by atomic mass is 35.5. The van der Waals surface area contributed by atoms with E-state index in [0.29, 0.717) is 52.6 Å². The van der Waals surface area contributed by atoms with E-state index in [1.165, 1.54) is 18.4 Å². The topological polar surface area (TPSA) is 69.7 Å².